The number of aryl methyl sites for hydroxylation is 2. The Morgan fingerprint density at radius 2 is 1.57 bits per heavy atom. The summed E-state index contributed by atoms with van der Waals surface area (Å²) < 4.78 is 0. The Kier molecular flexibility index (Phi) is 6.44. The summed E-state index contributed by atoms with van der Waals surface area (Å²) in [6.45, 7) is 2.13. The smallest absolute Gasteiger partial charge is 0.252 e. The van der Waals surface area contributed by atoms with Crippen LogP contribution in [-0.2, 0) is 17.6 Å². The van der Waals surface area contributed by atoms with Gasteiger partial charge in [0.05, 0.1) is 6.04 Å². The van der Waals surface area contributed by atoms with Crippen LogP contribution in [0.15, 0.2) is 78.9 Å². The molecule has 1 atom stereocenters. The number of nitrogens with one attached hydrogen (secondary N) is 1. The maximum atomic E-state index is 13.4. The van der Waals surface area contributed by atoms with E-state index in [1.54, 1.807) is 0 Å². The molecule has 0 aliphatic heterocycles. The fourth-order valence-corrected chi connectivity index (χ4v) is 4.24. The third-order valence-corrected chi connectivity index (χ3v) is 5.93. The minimum absolute atomic E-state index is 0.00705. The second kappa shape index (κ2) is 9.58. The van der Waals surface area contributed by atoms with E-state index in [0.717, 1.165) is 24.0 Å². The molecule has 0 fully saturated rings. The SMILES string of the molecule is CCC(NC(=O)/C(=C/c1ccccc1)c1ccccc1)c1ccc2c(c1)CCCC2. The number of benzene rings is 3. The van der Waals surface area contributed by atoms with Crippen LogP contribution >= 0.6 is 0 Å². The Hall–Kier alpha value is -3.13. The van der Waals surface area contributed by atoms with Gasteiger partial charge in [0.2, 0.25) is 0 Å². The van der Waals surface area contributed by atoms with Crippen molar-refractivity contribution in [3.63, 3.8) is 0 Å². The molecule has 4 rings (SSSR count). The van der Waals surface area contributed by atoms with E-state index in [-0.39, 0.29) is 11.9 Å². The molecule has 2 nitrogen and oxygen atoms in total. The molecule has 0 radical (unpaired) electrons. The largest absolute Gasteiger partial charge is 0.345 e. The van der Waals surface area contributed by atoms with Crippen LogP contribution in [0.25, 0.3) is 11.6 Å². The van der Waals surface area contributed by atoms with Crippen molar-refractivity contribution in [1.29, 1.82) is 0 Å². The summed E-state index contributed by atoms with van der Waals surface area (Å²) in [5.41, 5.74) is 6.78. The van der Waals surface area contributed by atoms with Gasteiger partial charge in [-0.25, -0.2) is 0 Å². The first-order chi connectivity index (χ1) is 14.7. The van der Waals surface area contributed by atoms with E-state index in [9.17, 15) is 4.79 Å². The second-order valence-corrected chi connectivity index (χ2v) is 8.00. The minimum Gasteiger partial charge on any atom is -0.345 e. The van der Waals surface area contributed by atoms with E-state index in [0.29, 0.717) is 5.57 Å². The van der Waals surface area contributed by atoms with Gasteiger partial charge in [-0.05, 0) is 66.0 Å². The van der Waals surface area contributed by atoms with Gasteiger partial charge in [-0.2, -0.15) is 0 Å². The summed E-state index contributed by atoms with van der Waals surface area (Å²) in [4.78, 5) is 13.4. The van der Waals surface area contributed by atoms with Crippen LogP contribution in [0.4, 0.5) is 0 Å². The zero-order valence-corrected chi connectivity index (χ0v) is 17.6. The summed E-state index contributed by atoms with van der Waals surface area (Å²) in [5.74, 6) is -0.0328. The molecular formula is C28H29NO. The second-order valence-electron chi connectivity index (χ2n) is 8.00. The molecule has 1 amide bonds. The molecule has 0 saturated heterocycles. The highest BCUT2D eigenvalue weighted by atomic mass is 16.1. The van der Waals surface area contributed by atoms with Crippen molar-refractivity contribution in [3.8, 4) is 0 Å². The Morgan fingerprint density at radius 3 is 2.27 bits per heavy atom. The molecule has 0 bridgehead atoms. The highest BCUT2D eigenvalue weighted by molar-refractivity contribution is 6.24. The van der Waals surface area contributed by atoms with Crippen LogP contribution in [0, 0.1) is 0 Å². The Labute approximate surface area is 179 Å². The van der Waals surface area contributed by atoms with Crippen molar-refractivity contribution in [3.05, 3.63) is 107 Å². The summed E-state index contributed by atoms with van der Waals surface area (Å²) in [7, 11) is 0. The predicted octanol–water partition coefficient (Wildman–Crippen LogP) is 6.37. The van der Waals surface area contributed by atoms with Gasteiger partial charge in [0.25, 0.3) is 5.91 Å². The molecule has 2 heteroatoms. The molecule has 1 aliphatic rings. The van der Waals surface area contributed by atoms with Gasteiger partial charge in [0.15, 0.2) is 0 Å². The van der Waals surface area contributed by atoms with Crippen molar-refractivity contribution in [2.75, 3.05) is 0 Å². The van der Waals surface area contributed by atoms with E-state index in [1.807, 2.05) is 66.7 Å². The molecule has 0 spiro atoms. The first kappa shape index (κ1) is 20.2. The molecule has 0 saturated carbocycles. The molecular weight excluding hydrogens is 366 g/mol. The fourth-order valence-electron chi connectivity index (χ4n) is 4.24. The Morgan fingerprint density at radius 1 is 0.900 bits per heavy atom. The highest BCUT2D eigenvalue weighted by Crippen LogP contribution is 2.27. The number of fused-ring (bicyclic) bond motifs is 1. The lowest BCUT2D eigenvalue weighted by Crippen LogP contribution is -2.29. The van der Waals surface area contributed by atoms with Crippen LogP contribution in [-0.4, -0.2) is 5.91 Å². The van der Waals surface area contributed by atoms with Crippen LogP contribution in [0.1, 0.15) is 60.0 Å². The van der Waals surface area contributed by atoms with Crippen molar-refractivity contribution in [2.24, 2.45) is 0 Å². The molecule has 152 valence electrons. The molecule has 1 N–H and O–H groups in total. The zero-order chi connectivity index (χ0) is 20.8. The van der Waals surface area contributed by atoms with Gasteiger partial charge in [-0.1, -0.05) is 85.8 Å². The molecule has 3 aromatic carbocycles. The van der Waals surface area contributed by atoms with E-state index in [2.05, 4.69) is 30.4 Å². The molecule has 1 aliphatic carbocycles. The number of hydrogen-bond acceptors (Lipinski definition) is 1. The average molecular weight is 396 g/mol. The van der Waals surface area contributed by atoms with Gasteiger partial charge in [-0.3, -0.25) is 4.79 Å². The quantitative estimate of drug-likeness (QED) is 0.381. The lowest BCUT2D eigenvalue weighted by atomic mass is 9.88. The zero-order valence-electron chi connectivity index (χ0n) is 17.6. The molecule has 1 unspecified atom stereocenters. The normalized spacial score (nSPS) is 14.6. The van der Waals surface area contributed by atoms with Crippen molar-refractivity contribution >= 4 is 17.6 Å². The van der Waals surface area contributed by atoms with Gasteiger partial charge < -0.3 is 5.32 Å². The number of rotatable bonds is 6. The molecule has 0 aromatic heterocycles. The Balaban J connectivity index is 1.62. The lowest BCUT2D eigenvalue weighted by Gasteiger charge is -2.22. The standard InChI is InChI=1S/C28H29NO/c1-2-27(25-18-17-22-13-9-10-16-24(22)20-25)29-28(30)26(23-14-7-4-8-15-23)19-21-11-5-3-6-12-21/h3-8,11-12,14-15,17-20,27H,2,9-10,13,16H2,1H3,(H,29,30)/b26-19+. The van der Waals surface area contributed by atoms with Crippen LogP contribution < -0.4 is 5.32 Å². The van der Waals surface area contributed by atoms with Crippen LogP contribution in [0.2, 0.25) is 0 Å². The highest BCUT2D eigenvalue weighted by Gasteiger charge is 2.19. The monoisotopic (exact) mass is 395 g/mol. The first-order valence-corrected chi connectivity index (χ1v) is 11.0. The lowest BCUT2D eigenvalue weighted by molar-refractivity contribution is -0.116. The maximum absolute atomic E-state index is 13.4. The van der Waals surface area contributed by atoms with E-state index in [4.69, 9.17) is 0 Å². The van der Waals surface area contributed by atoms with E-state index >= 15 is 0 Å². The molecule has 0 heterocycles. The van der Waals surface area contributed by atoms with Crippen molar-refractivity contribution < 1.29 is 4.79 Å². The maximum Gasteiger partial charge on any atom is 0.252 e. The van der Waals surface area contributed by atoms with Gasteiger partial charge >= 0.3 is 0 Å². The van der Waals surface area contributed by atoms with Crippen molar-refractivity contribution in [2.45, 2.75) is 45.1 Å². The van der Waals surface area contributed by atoms with Gasteiger partial charge in [0, 0.05) is 5.57 Å². The Bertz CT molecular complexity index is 1020. The third-order valence-electron chi connectivity index (χ3n) is 5.93. The topological polar surface area (TPSA) is 29.1 Å². The molecule has 30 heavy (non-hydrogen) atoms. The van der Waals surface area contributed by atoms with E-state index < -0.39 is 0 Å². The molecule has 3 aromatic rings. The third kappa shape index (κ3) is 4.71. The summed E-state index contributed by atoms with van der Waals surface area (Å²) >= 11 is 0. The fraction of sp³-hybridized carbons (Fsp3) is 0.250. The summed E-state index contributed by atoms with van der Waals surface area (Å²) in [6.07, 6.45) is 7.71. The minimum atomic E-state index is -0.0328. The van der Waals surface area contributed by atoms with E-state index in [1.165, 1.54) is 36.0 Å². The summed E-state index contributed by atoms with van der Waals surface area (Å²) in [5, 5.41) is 3.30. The van der Waals surface area contributed by atoms with Gasteiger partial charge in [0.1, 0.15) is 0 Å². The number of carbonyl (C=O) groups is 1. The van der Waals surface area contributed by atoms with Crippen LogP contribution in [0.5, 0.6) is 0 Å². The first-order valence-electron chi connectivity index (χ1n) is 11.0. The van der Waals surface area contributed by atoms with Crippen molar-refractivity contribution in [1.82, 2.24) is 5.32 Å². The van der Waals surface area contributed by atoms with Gasteiger partial charge in [-0.15, -0.1) is 0 Å². The van der Waals surface area contributed by atoms with Crippen LogP contribution in [0.3, 0.4) is 0 Å². The number of amides is 1. The predicted molar refractivity (Wildman–Crippen MR) is 125 cm³/mol. The summed E-state index contributed by atoms with van der Waals surface area (Å²) in [6, 6.07) is 26.7. The number of hydrogen-bond donors (Lipinski definition) is 1. The number of carbonyl (C=O) groups excluding carboxylic acids is 1. The average Bonchev–Trinajstić information content (AvgIpc) is 2.81.